The normalized spacial score (nSPS) is 22.6. The summed E-state index contributed by atoms with van der Waals surface area (Å²) in [6, 6.07) is 9.13. The minimum Gasteiger partial charge on any atom is -0.484 e. The number of nitrogens with zero attached hydrogens (tertiary/aromatic N) is 4. The monoisotopic (exact) mass is 535 g/mol. The molecular formula is C30H41N5O4. The number of likely N-dealkylation sites (tertiary alicyclic amines) is 2. The predicted molar refractivity (Wildman–Crippen MR) is 151 cm³/mol. The molecule has 210 valence electrons. The van der Waals surface area contributed by atoms with E-state index < -0.39 is 5.60 Å². The SMILES string of the molecule is C[C@@H]1Oc2ccc(C3CCN(C4CN(C(=O)OC(C)(C)C)C4)CC3)cc2Nc2nccc(N3CCOCC3)c21. The Morgan fingerprint density at radius 3 is 2.54 bits per heavy atom. The molecule has 2 aromatic rings. The first-order valence-corrected chi connectivity index (χ1v) is 14.4. The van der Waals surface area contributed by atoms with Gasteiger partial charge in [-0.05, 0) is 83.3 Å². The van der Waals surface area contributed by atoms with Crippen LogP contribution in [0.3, 0.4) is 0 Å². The van der Waals surface area contributed by atoms with Crippen LogP contribution in [0.5, 0.6) is 5.75 Å². The summed E-state index contributed by atoms with van der Waals surface area (Å²) < 4.78 is 17.6. The fraction of sp³-hybridized carbons (Fsp3) is 0.600. The molecule has 5 heterocycles. The van der Waals surface area contributed by atoms with E-state index in [4.69, 9.17) is 19.2 Å². The van der Waals surface area contributed by atoms with Crippen molar-refractivity contribution in [3.05, 3.63) is 41.6 Å². The molecule has 1 N–H and O–H groups in total. The van der Waals surface area contributed by atoms with Gasteiger partial charge < -0.3 is 29.3 Å². The number of benzene rings is 1. The Kier molecular flexibility index (Phi) is 7.05. The Hall–Kier alpha value is -3.04. The van der Waals surface area contributed by atoms with Gasteiger partial charge in [0.05, 0.1) is 24.5 Å². The summed E-state index contributed by atoms with van der Waals surface area (Å²) in [7, 11) is 0. The summed E-state index contributed by atoms with van der Waals surface area (Å²) in [4.78, 5) is 23.7. The zero-order valence-electron chi connectivity index (χ0n) is 23.6. The molecule has 0 spiro atoms. The number of rotatable bonds is 3. The first-order chi connectivity index (χ1) is 18.7. The van der Waals surface area contributed by atoms with Crippen molar-refractivity contribution in [1.82, 2.24) is 14.8 Å². The maximum Gasteiger partial charge on any atom is 0.410 e. The molecule has 0 bridgehead atoms. The molecule has 1 amide bonds. The van der Waals surface area contributed by atoms with Crippen LogP contribution in [0.4, 0.5) is 22.0 Å². The Labute approximate surface area is 231 Å². The van der Waals surface area contributed by atoms with Gasteiger partial charge in [-0.15, -0.1) is 0 Å². The average molecular weight is 536 g/mol. The minimum absolute atomic E-state index is 0.114. The Morgan fingerprint density at radius 1 is 1.08 bits per heavy atom. The molecule has 9 nitrogen and oxygen atoms in total. The van der Waals surface area contributed by atoms with E-state index in [-0.39, 0.29) is 12.2 Å². The Balaban J connectivity index is 1.10. The van der Waals surface area contributed by atoms with E-state index in [1.54, 1.807) is 0 Å². The summed E-state index contributed by atoms with van der Waals surface area (Å²) in [5, 5.41) is 3.62. The van der Waals surface area contributed by atoms with E-state index in [1.807, 2.05) is 31.9 Å². The summed E-state index contributed by atoms with van der Waals surface area (Å²) in [5.41, 5.74) is 4.15. The van der Waals surface area contributed by atoms with Crippen molar-refractivity contribution < 1.29 is 19.0 Å². The van der Waals surface area contributed by atoms with Gasteiger partial charge in [0, 0.05) is 44.1 Å². The second-order valence-corrected chi connectivity index (χ2v) is 12.2. The van der Waals surface area contributed by atoms with Crippen molar-refractivity contribution in [1.29, 1.82) is 0 Å². The number of aromatic nitrogens is 1. The number of hydrogen-bond acceptors (Lipinski definition) is 8. The number of hydrogen-bond donors (Lipinski definition) is 1. The number of pyridine rings is 1. The van der Waals surface area contributed by atoms with Gasteiger partial charge in [-0.3, -0.25) is 4.90 Å². The van der Waals surface area contributed by atoms with Crippen molar-refractivity contribution in [2.45, 2.75) is 64.2 Å². The van der Waals surface area contributed by atoms with Crippen LogP contribution in [-0.2, 0) is 9.47 Å². The van der Waals surface area contributed by atoms with Gasteiger partial charge in [-0.1, -0.05) is 6.07 Å². The van der Waals surface area contributed by atoms with E-state index in [1.165, 1.54) is 11.3 Å². The number of carbonyl (C=O) groups excluding carboxylic acids is 1. The van der Waals surface area contributed by atoms with Gasteiger partial charge in [0.25, 0.3) is 0 Å². The number of morpholine rings is 1. The lowest BCUT2D eigenvalue weighted by molar-refractivity contribution is -0.0196. The number of nitrogens with one attached hydrogen (secondary N) is 1. The topological polar surface area (TPSA) is 79.4 Å². The van der Waals surface area contributed by atoms with Gasteiger partial charge in [0.15, 0.2) is 0 Å². The molecule has 0 saturated carbocycles. The van der Waals surface area contributed by atoms with E-state index in [9.17, 15) is 4.79 Å². The van der Waals surface area contributed by atoms with E-state index in [0.29, 0.717) is 12.0 Å². The van der Waals surface area contributed by atoms with Crippen LogP contribution in [0.1, 0.15) is 63.7 Å². The minimum atomic E-state index is -0.449. The third kappa shape index (κ3) is 5.52. The standard InChI is InChI=1S/C30H41N5O4/c1-20-27-25(34-13-15-37-16-14-34)7-10-31-28(27)32-24-17-22(5-6-26(24)38-20)21-8-11-33(12-9-21)23-18-35(19-23)29(36)39-30(2,3)4/h5-7,10,17,20-21,23H,8-9,11-16,18-19H2,1-4H3,(H,31,32)/t20-/m0/s1. The highest BCUT2D eigenvalue weighted by Crippen LogP contribution is 2.43. The molecule has 1 aromatic carbocycles. The lowest BCUT2D eigenvalue weighted by Gasteiger charge is -2.47. The first-order valence-electron chi connectivity index (χ1n) is 14.4. The van der Waals surface area contributed by atoms with Crippen LogP contribution < -0.4 is 15.0 Å². The van der Waals surface area contributed by atoms with Crippen LogP contribution >= 0.6 is 0 Å². The van der Waals surface area contributed by atoms with Crippen molar-refractivity contribution in [2.75, 3.05) is 62.7 Å². The smallest absolute Gasteiger partial charge is 0.410 e. The van der Waals surface area contributed by atoms with Crippen LogP contribution in [0.25, 0.3) is 0 Å². The molecule has 9 heteroatoms. The Bertz CT molecular complexity index is 1190. The first kappa shape index (κ1) is 26.2. The summed E-state index contributed by atoms with van der Waals surface area (Å²) in [5.74, 6) is 2.24. The van der Waals surface area contributed by atoms with Crippen molar-refractivity contribution in [3.8, 4) is 5.75 Å². The maximum absolute atomic E-state index is 12.3. The molecule has 0 unspecified atom stereocenters. The molecular weight excluding hydrogens is 494 g/mol. The van der Waals surface area contributed by atoms with Crippen LogP contribution in [-0.4, -0.2) is 85.0 Å². The number of fused-ring (bicyclic) bond motifs is 2. The molecule has 0 radical (unpaired) electrons. The molecule has 0 aliphatic carbocycles. The molecule has 4 aliphatic heterocycles. The Morgan fingerprint density at radius 2 is 1.82 bits per heavy atom. The van der Waals surface area contributed by atoms with Crippen LogP contribution in [0.15, 0.2) is 30.5 Å². The molecule has 1 aromatic heterocycles. The summed E-state index contributed by atoms with van der Waals surface area (Å²) >= 11 is 0. The number of anilines is 3. The van der Waals surface area contributed by atoms with Crippen LogP contribution in [0.2, 0.25) is 0 Å². The average Bonchev–Trinajstić information content (AvgIpc) is 3.03. The van der Waals surface area contributed by atoms with E-state index in [2.05, 4.69) is 46.3 Å². The van der Waals surface area contributed by atoms with Crippen molar-refractivity contribution >= 4 is 23.3 Å². The highest BCUT2D eigenvalue weighted by molar-refractivity contribution is 5.74. The fourth-order valence-electron chi connectivity index (χ4n) is 6.18. The fourth-order valence-corrected chi connectivity index (χ4v) is 6.18. The van der Waals surface area contributed by atoms with Gasteiger partial charge >= 0.3 is 6.09 Å². The number of amides is 1. The second kappa shape index (κ2) is 10.5. The largest absolute Gasteiger partial charge is 0.484 e. The summed E-state index contributed by atoms with van der Waals surface area (Å²) in [6.07, 6.45) is 3.79. The summed E-state index contributed by atoms with van der Waals surface area (Å²) in [6.45, 7) is 14.7. The van der Waals surface area contributed by atoms with Gasteiger partial charge in [-0.2, -0.15) is 0 Å². The van der Waals surface area contributed by atoms with Crippen LogP contribution in [0, 0.1) is 0 Å². The number of piperidine rings is 1. The molecule has 4 aliphatic rings. The second-order valence-electron chi connectivity index (χ2n) is 12.2. The lowest BCUT2D eigenvalue weighted by Crippen LogP contribution is -2.62. The molecule has 3 saturated heterocycles. The number of carbonyl (C=O) groups is 1. The van der Waals surface area contributed by atoms with Crippen molar-refractivity contribution in [3.63, 3.8) is 0 Å². The maximum atomic E-state index is 12.3. The number of ether oxygens (including phenoxy) is 3. The zero-order valence-corrected chi connectivity index (χ0v) is 23.6. The highest BCUT2D eigenvalue weighted by Gasteiger charge is 2.38. The molecule has 6 rings (SSSR count). The third-order valence-corrected chi connectivity index (χ3v) is 8.32. The predicted octanol–water partition coefficient (Wildman–Crippen LogP) is 4.91. The highest BCUT2D eigenvalue weighted by atomic mass is 16.6. The van der Waals surface area contributed by atoms with E-state index in [0.717, 1.165) is 88.1 Å². The third-order valence-electron chi connectivity index (χ3n) is 8.32. The van der Waals surface area contributed by atoms with Gasteiger partial charge in [0.2, 0.25) is 0 Å². The van der Waals surface area contributed by atoms with Gasteiger partial charge in [0.1, 0.15) is 23.3 Å². The molecule has 1 atom stereocenters. The molecule has 39 heavy (non-hydrogen) atoms. The quantitative estimate of drug-likeness (QED) is 0.594. The lowest BCUT2D eigenvalue weighted by atomic mass is 9.88. The van der Waals surface area contributed by atoms with Crippen molar-refractivity contribution in [2.24, 2.45) is 0 Å². The van der Waals surface area contributed by atoms with E-state index >= 15 is 0 Å². The molecule has 3 fully saturated rings. The van der Waals surface area contributed by atoms with Gasteiger partial charge in [-0.25, -0.2) is 9.78 Å². The zero-order chi connectivity index (χ0) is 27.1.